The summed E-state index contributed by atoms with van der Waals surface area (Å²) in [7, 11) is 0. The molecule has 0 aliphatic carbocycles. The topological polar surface area (TPSA) is 20.3 Å². The molecule has 0 N–H and O–H groups in total. The standard InChI is InChI=1S/C11H9BrF3NO/c1-6-2-7(9(13)3-8(6)12)10(17)16-4-11(14,15)5-16/h2-3H,4-5H2,1H3. The van der Waals surface area contributed by atoms with Crippen LogP contribution in [-0.2, 0) is 0 Å². The number of halogens is 4. The minimum atomic E-state index is -2.84. The van der Waals surface area contributed by atoms with Crippen molar-refractivity contribution in [2.24, 2.45) is 0 Å². The van der Waals surface area contributed by atoms with E-state index in [0.717, 1.165) is 4.90 Å². The fourth-order valence-corrected chi connectivity index (χ4v) is 1.96. The van der Waals surface area contributed by atoms with Gasteiger partial charge in [0.2, 0.25) is 0 Å². The van der Waals surface area contributed by atoms with E-state index in [0.29, 0.717) is 10.0 Å². The Bertz CT molecular complexity index is 482. The summed E-state index contributed by atoms with van der Waals surface area (Å²) in [5, 5.41) is 0. The van der Waals surface area contributed by atoms with Crippen molar-refractivity contribution in [2.75, 3.05) is 13.1 Å². The highest BCUT2D eigenvalue weighted by Crippen LogP contribution is 2.29. The maximum atomic E-state index is 13.5. The zero-order chi connectivity index (χ0) is 12.8. The van der Waals surface area contributed by atoms with E-state index < -0.39 is 30.7 Å². The fourth-order valence-electron chi connectivity index (χ4n) is 1.65. The number of alkyl halides is 2. The second kappa shape index (κ2) is 4.01. The van der Waals surface area contributed by atoms with Crippen LogP contribution in [0.5, 0.6) is 0 Å². The Balaban J connectivity index is 2.24. The fraction of sp³-hybridized carbons (Fsp3) is 0.364. The van der Waals surface area contributed by atoms with Crippen LogP contribution in [-0.4, -0.2) is 29.8 Å². The highest BCUT2D eigenvalue weighted by atomic mass is 79.9. The Kier molecular flexibility index (Phi) is 2.93. The number of likely N-dealkylation sites (tertiary alicyclic amines) is 1. The first-order valence-electron chi connectivity index (χ1n) is 4.93. The molecule has 0 spiro atoms. The maximum Gasteiger partial charge on any atom is 0.282 e. The second-order valence-electron chi connectivity index (χ2n) is 4.10. The summed E-state index contributed by atoms with van der Waals surface area (Å²) in [5.41, 5.74) is 0.517. The van der Waals surface area contributed by atoms with Crippen molar-refractivity contribution in [3.05, 3.63) is 33.5 Å². The summed E-state index contributed by atoms with van der Waals surface area (Å²) in [6.45, 7) is 0.422. The van der Waals surface area contributed by atoms with E-state index in [-0.39, 0.29) is 5.56 Å². The van der Waals surface area contributed by atoms with E-state index in [1.807, 2.05) is 0 Å². The minimum absolute atomic E-state index is 0.166. The van der Waals surface area contributed by atoms with Gasteiger partial charge in [-0.25, -0.2) is 13.2 Å². The molecule has 1 heterocycles. The molecule has 1 aliphatic heterocycles. The van der Waals surface area contributed by atoms with Gasteiger partial charge in [0.15, 0.2) is 0 Å². The molecule has 0 bridgehead atoms. The van der Waals surface area contributed by atoms with Crippen LogP contribution < -0.4 is 0 Å². The van der Waals surface area contributed by atoms with Crippen LogP contribution in [0.25, 0.3) is 0 Å². The van der Waals surface area contributed by atoms with E-state index >= 15 is 0 Å². The van der Waals surface area contributed by atoms with E-state index in [9.17, 15) is 18.0 Å². The van der Waals surface area contributed by atoms with Crippen molar-refractivity contribution in [2.45, 2.75) is 12.8 Å². The zero-order valence-corrected chi connectivity index (χ0v) is 10.5. The Morgan fingerprint density at radius 1 is 1.41 bits per heavy atom. The molecule has 0 atom stereocenters. The molecule has 1 aromatic carbocycles. The molecule has 0 radical (unpaired) electrons. The first-order chi connectivity index (χ1) is 7.80. The summed E-state index contributed by atoms with van der Waals surface area (Å²) >= 11 is 3.13. The Labute approximate surface area is 105 Å². The summed E-state index contributed by atoms with van der Waals surface area (Å²) in [4.78, 5) is 12.7. The van der Waals surface area contributed by atoms with Crippen LogP contribution >= 0.6 is 15.9 Å². The molecule has 1 aliphatic rings. The quantitative estimate of drug-likeness (QED) is 0.781. The highest BCUT2D eigenvalue weighted by Gasteiger charge is 2.46. The van der Waals surface area contributed by atoms with Crippen LogP contribution in [0.1, 0.15) is 15.9 Å². The van der Waals surface area contributed by atoms with Gasteiger partial charge in [0.25, 0.3) is 11.8 Å². The minimum Gasteiger partial charge on any atom is -0.326 e. The number of benzene rings is 1. The molecule has 2 rings (SSSR count). The van der Waals surface area contributed by atoms with E-state index in [2.05, 4.69) is 15.9 Å². The lowest BCUT2D eigenvalue weighted by Crippen LogP contribution is -2.58. The average molecular weight is 308 g/mol. The highest BCUT2D eigenvalue weighted by molar-refractivity contribution is 9.10. The smallest absolute Gasteiger partial charge is 0.282 e. The third-order valence-electron chi connectivity index (χ3n) is 2.61. The van der Waals surface area contributed by atoms with Gasteiger partial charge in [0.1, 0.15) is 5.82 Å². The lowest BCUT2D eigenvalue weighted by Gasteiger charge is -2.38. The van der Waals surface area contributed by atoms with Crippen LogP contribution in [0.2, 0.25) is 0 Å². The molecule has 17 heavy (non-hydrogen) atoms. The molecule has 1 aromatic rings. The number of rotatable bonds is 1. The molecular weight excluding hydrogens is 299 g/mol. The SMILES string of the molecule is Cc1cc(C(=O)N2CC(F)(F)C2)c(F)cc1Br. The largest absolute Gasteiger partial charge is 0.326 e. The van der Waals surface area contributed by atoms with Gasteiger partial charge in [-0.1, -0.05) is 15.9 Å². The molecule has 0 unspecified atom stereocenters. The van der Waals surface area contributed by atoms with Crippen molar-refractivity contribution in [1.29, 1.82) is 0 Å². The van der Waals surface area contributed by atoms with Gasteiger partial charge in [-0.15, -0.1) is 0 Å². The van der Waals surface area contributed by atoms with Gasteiger partial charge in [-0.05, 0) is 24.6 Å². The van der Waals surface area contributed by atoms with Crippen LogP contribution in [0.3, 0.4) is 0 Å². The van der Waals surface area contributed by atoms with Crippen LogP contribution in [0, 0.1) is 12.7 Å². The maximum absolute atomic E-state index is 13.5. The molecule has 1 fully saturated rings. The number of amides is 1. The summed E-state index contributed by atoms with van der Waals surface area (Å²) in [5.74, 6) is -4.23. The van der Waals surface area contributed by atoms with Crippen molar-refractivity contribution >= 4 is 21.8 Å². The van der Waals surface area contributed by atoms with Gasteiger partial charge in [-0.2, -0.15) is 0 Å². The molecule has 2 nitrogen and oxygen atoms in total. The Hall–Kier alpha value is -1.04. The predicted molar refractivity (Wildman–Crippen MR) is 59.7 cm³/mol. The van der Waals surface area contributed by atoms with Gasteiger partial charge < -0.3 is 4.90 Å². The number of aryl methyl sites for hydroxylation is 1. The molecule has 1 amide bonds. The van der Waals surface area contributed by atoms with Crippen LogP contribution in [0.4, 0.5) is 13.2 Å². The number of carbonyl (C=O) groups excluding carboxylic acids is 1. The first-order valence-corrected chi connectivity index (χ1v) is 5.72. The normalized spacial score (nSPS) is 17.8. The lowest BCUT2D eigenvalue weighted by molar-refractivity contribution is -0.113. The number of nitrogens with zero attached hydrogens (tertiary/aromatic N) is 1. The van der Waals surface area contributed by atoms with Crippen molar-refractivity contribution < 1.29 is 18.0 Å². The zero-order valence-electron chi connectivity index (χ0n) is 8.94. The molecule has 1 saturated heterocycles. The van der Waals surface area contributed by atoms with Gasteiger partial charge >= 0.3 is 0 Å². The van der Waals surface area contributed by atoms with Crippen molar-refractivity contribution in [3.8, 4) is 0 Å². The predicted octanol–water partition coefficient (Wildman–Crippen LogP) is 2.99. The molecule has 6 heteroatoms. The number of hydrogen-bond acceptors (Lipinski definition) is 1. The van der Waals surface area contributed by atoms with Crippen molar-refractivity contribution in [3.63, 3.8) is 0 Å². The van der Waals surface area contributed by atoms with E-state index in [1.165, 1.54) is 12.1 Å². The summed E-state index contributed by atoms with van der Waals surface area (Å²) in [6, 6.07) is 2.53. The van der Waals surface area contributed by atoms with Gasteiger partial charge in [0.05, 0.1) is 18.7 Å². The third kappa shape index (κ3) is 2.31. The average Bonchev–Trinajstić information content (AvgIpc) is 2.19. The summed E-state index contributed by atoms with van der Waals surface area (Å²) in [6.07, 6.45) is 0. The van der Waals surface area contributed by atoms with E-state index in [4.69, 9.17) is 0 Å². The van der Waals surface area contributed by atoms with Gasteiger partial charge in [-0.3, -0.25) is 4.79 Å². The molecule has 0 saturated carbocycles. The van der Waals surface area contributed by atoms with Crippen LogP contribution in [0.15, 0.2) is 16.6 Å². The Morgan fingerprint density at radius 3 is 2.53 bits per heavy atom. The molecular formula is C11H9BrF3NO. The Morgan fingerprint density at radius 2 is 2.00 bits per heavy atom. The molecule has 0 aromatic heterocycles. The monoisotopic (exact) mass is 307 g/mol. The first kappa shape index (κ1) is 12.4. The lowest BCUT2D eigenvalue weighted by atomic mass is 10.1. The number of carbonyl (C=O) groups is 1. The molecule has 92 valence electrons. The second-order valence-corrected chi connectivity index (χ2v) is 4.95. The summed E-state index contributed by atoms with van der Waals surface area (Å²) < 4.78 is 39.3. The van der Waals surface area contributed by atoms with Gasteiger partial charge in [0, 0.05) is 4.47 Å². The third-order valence-corrected chi connectivity index (χ3v) is 3.46. The van der Waals surface area contributed by atoms with E-state index in [1.54, 1.807) is 6.92 Å². The number of hydrogen-bond donors (Lipinski definition) is 0. The van der Waals surface area contributed by atoms with Crippen molar-refractivity contribution in [1.82, 2.24) is 4.90 Å².